The Balaban J connectivity index is 2.15. The summed E-state index contributed by atoms with van der Waals surface area (Å²) in [5.41, 5.74) is -0.182. The van der Waals surface area contributed by atoms with E-state index in [1.54, 1.807) is 6.07 Å². The first-order chi connectivity index (χ1) is 11.4. The lowest BCUT2D eigenvalue weighted by Crippen LogP contribution is -2.32. The topological polar surface area (TPSA) is 78.4 Å². The van der Waals surface area contributed by atoms with Crippen LogP contribution in [0.1, 0.15) is 18.4 Å². The van der Waals surface area contributed by atoms with E-state index in [1.807, 2.05) is 0 Å². The number of pyridine rings is 1. The minimum Gasteiger partial charge on any atom is -0.286 e. The van der Waals surface area contributed by atoms with Crippen LogP contribution in [-0.2, 0) is 0 Å². The van der Waals surface area contributed by atoms with Gasteiger partial charge in [0.1, 0.15) is 28.1 Å². The lowest BCUT2D eigenvalue weighted by molar-refractivity contribution is 0.558. The van der Waals surface area contributed by atoms with Gasteiger partial charge in [-0.15, -0.1) is 0 Å². The second-order valence-electron chi connectivity index (χ2n) is 5.22. The third-order valence-electron chi connectivity index (χ3n) is 3.71. The van der Waals surface area contributed by atoms with Crippen LogP contribution >= 0.6 is 11.6 Å². The van der Waals surface area contributed by atoms with E-state index in [-0.39, 0.29) is 32.9 Å². The van der Waals surface area contributed by atoms with Crippen LogP contribution in [0.2, 0.25) is 5.15 Å². The van der Waals surface area contributed by atoms with E-state index >= 15 is 0 Å². The highest BCUT2D eigenvalue weighted by Gasteiger charge is 2.24. The molecule has 0 amide bonds. The van der Waals surface area contributed by atoms with E-state index < -0.39 is 17.6 Å². The average molecular weight is 348 g/mol. The molecule has 24 heavy (non-hydrogen) atoms. The molecule has 1 atom stereocenters. The van der Waals surface area contributed by atoms with Crippen molar-refractivity contribution < 1.29 is 8.78 Å². The number of fused-ring (bicyclic) bond motifs is 1. The van der Waals surface area contributed by atoms with Gasteiger partial charge in [-0.1, -0.05) is 18.5 Å². The third kappa shape index (κ3) is 2.67. The number of hydrogen-bond donors (Lipinski definition) is 2. The Morgan fingerprint density at radius 1 is 1.29 bits per heavy atom. The molecule has 1 unspecified atom stereocenters. The molecule has 8 heteroatoms. The highest BCUT2D eigenvalue weighted by molar-refractivity contribution is 6.29. The van der Waals surface area contributed by atoms with E-state index in [0.717, 1.165) is 10.7 Å². The molecule has 0 bridgehead atoms. The number of benzene rings is 1. The normalized spacial score (nSPS) is 12.3. The molecule has 0 saturated carbocycles. The summed E-state index contributed by atoms with van der Waals surface area (Å²) in [6, 6.07) is 6.94. The Kier molecular flexibility index (Phi) is 4.11. The van der Waals surface area contributed by atoms with Crippen LogP contribution < -0.4 is 5.49 Å². The smallest absolute Gasteiger partial charge is 0.150 e. The van der Waals surface area contributed by atoms with Crippen molar-refractivity contribution in [1.82, 2.24) is 14.8 Å². The van der Waals surface area contributed by atoms with Crippen LogP contribution in [0.4, 0.5) is 8.78 Å². The number of nitrogens with one attached hydrogen (secondary N) is 2. The van der Waals surface area contributed by atoms with Crippen LogP contribution in [0.25, 0.3) is 10.9 Å². The lowest BCUT2D eigenvalue weighted by Gasteiger charge is -2.17. The van der Waals surface area contributed by atoms with E-state index in [9.17, 15) is 8.78 Å². The summed E-state index contributed by atoms with van der Waals surface area (Å²) in [7, 11) is 0. The molecule has 2 aromatic heterocycles. The first-order valence-electron chi connectivity index (χ1n) is 7.02. The zero-order valence-corrected chi connectivity index (χ0v) is 13.3. The van der Waals surface area contributed by atoms with Crippen molar-refractivity contribution >= 4 is 28.3 Å². The molecule has 0 aliphatic heterocycles. The third-order valence-corrected chi connectivity index (χ3v) is 3.91. The predicted molar refractivity (Wildman–Crippen MR) is 86.3 cm³/mol. The van der Waals surface area contributed by atoms with Crippen molar-refractivity contribution in [3.63, 3.8) is 0 Å². The number of rotatable bonds is 2. The molecule has 0 fully saturated rings. The maximum Gasteiger partial charge on any atom is 0.150 e. The van der Waals surface area contributed by atoms with Crippen LogP contribution in [0.5, 0.6) is 0 Å². The molecule has 0 aliphatic rings. The lowest BCUT2D eigenvalue weighted by atomic mass is 9.96. The number of halogens is 3. The van der Waals surface area contributed by atoms with Gasteiger partial charge in [0.2, 0.25) is 0 Å². The van der Waals surface area contributed by atoms with Crippen molar-refractivity contribution in [3.05, 3.63) is 64.4 Å². The maximum atomic E-state index is 14.8. The van der Waals surface area contributed by atoms with Gasteiger partial charge in [0, 0.05) is 29.1 Å². The molecule has 3 rings (SSSR count). The summed E-state index contributed by atoms with van der Waals surface area (Å²) in [5.74, 6) is -2.81. The van der Waals surface area contributed by atoms with Gasteiger partial charge in [0.25, 0.3) is 0 Å². The van der Waals surface area contributed by atoms with Crippen molar-refractivity contribution in [2.24, 2.45) is 0 Å². The fourth-order valence-corrected chi connectivity index (χ4v) is 2.61. The van der Waals surface area contributed by atoms with Gasteiger partial charge >= 0.3 is 0 Å². The predicted octanol–water partition coefficient (Wildman–Crippen LogP) is 3.47. The SMILES string of the molecule is CC(C(=N)n1nc(Cl)ccc1=N)c1c(F)cc2ncccc2c1F. The quantitative estimate of drug-likeness (QED) is 0.550. The molecule has 1 aromatic carbocycles. The van der Waals surface area contributed by atoms with Gasteiger partial charge in [-0.25, -0.2) is 13.5 Å². The summed E-state index contributed by atoms with van der Waals surface area (Å²) in [6.45, 7) is 1.47. The molecular formula is C16H12ClF2N5. The monoisotopic (exact) mass is 347 g/mol. The van der Waals surface area contributed by atoms with Crippen molar-refractivity contribution in [2.75, 3.05) is 0 Å². The van der Waals surface area contributed by atoms with Gasteiger partial charge < -0.3 is 0 Å². The zero-order chi connectivity index (χ0) is 17.4. The van der Waals surface area contributed by atoms with Gasteiger partial charge in [0.05, 0.1) is 5.52 Å². The number of nitrogens with zero attached hydrogens (tertiary/aromatic N) is 3. The molecule has 0 aliphatic carbocycles. The van der Waals surface area contributed by atoms with Crippen LogP contribution in [-0.4, -0.2) is 20.6 Å². The zero-order valence-electron chi connectivity index (χ0n) is 12.5. The summed E-state index contributed by atoms with van der Waals surface area (Å²) >= 11 is 5.78. The van der Waals surface area contributed by atoms with Crippen molar-refractivity contribution in [2.45, 2.75) is 12.8 Å². The minimum absolute atomic E-state index is 0.0756. The minimum atomic E-state index is -0.977. The second kappa shape index (κ2) is 6.09. The highest BCUT2D eigenvalue weighted by atomic mass is 35.5. The largest absolute Gasteiger partial charge is 0.286 e. The van der Waals surface area contributed by atoms with E-state index in [0.29, 0.717) is 0 Å². The van der Waals surface area contributed by atoms with E-state index in [2.05, 4.69) is 10.1 Å². The molecule has 5 nitrogen and oxygen atoms in total. The van der Waals surface area contributed by atoms with Crippen molar-refractivity contribution in [3.8, 4) is 0 Å². The molecule has 3 aromatic rings. The Hall–Kier alpha value is -2.67. The van der Waals surface area contributed by atoms with Crippen LogP contribution in [0, 0.1) is 22.5 Å². The first kappa shape index (κ1) is 16.2. The molecule has 2 heterocycles. The Morgan fingerprint density at radius 3 is 2.79 bits per heavy atom. The molecule has 0 spiro atoms. The Labute approximate surface area is 140 Å². The molecule has 122 valence electrons. The van der Waals surface area contributed by atoms with E-state index in [4.69, 9.17) is 22.4 Å². The second-order valence-corrected chi connectivity index (χ2v) is 5.60. The molecule has 2 N–H and O–H groups in total. The van der Waals surface area contributed by atoms with Gasteiger partial charge in [0.15, 0.2) is 0 Å². The van der Waals surface area contributed by atoms with Crippen LogP contribution in [0.3, 0.4) is 0 Å². The summed E-state index contributed by atoms with van der Waals surface area (Å²) in [5, 5.41) is 20.1. The highest BCUT2D eigenvalue weighted by Crippen LogP contribution is 2.29. The number of aromatic nitrogens is 3. The van der Waals surface area contributed by atoms with Gasteiger partial charge in [-0.05, 0) is 24.3 Å². The summed E-state index contributed by atoms with van der Waals surface area (Å²) in [4.78, 5) is 3.93. The number of hydrogen-bond acceptors (Lipinski definition) is 4. The molecule has 0 radical (unpaired) electrons. The molecule has 0 saturated heterocycles. The first-order valence-corrected chi connectivity index (χ1v) is 7.40. The van der Waals surface area contributed by atoms with Gasteiger partial charge in [-0.3, -0.25) is 15.8 Å². The average Bonchev–Trinajstić information content (AvgIpc) is 2.56. The fraction of sp³-hybridized carbons (Fsp3) is 0.125. The van der Waals surface area contributed by atoms with Crippen LogP contribution in [0.15, 0.2) is 36.5 Å². The Bertz CT molecular complexity index is 1020. The van der Waals surface area contributed by atoms with Gasteiger partial charge in [-0.2, -0.15) is 5.10 Å². The summed E-state index contributed by atoms with van der Waals surface area (Å²) < 4.78 is 30.1. The standard InChI is InChI=1S/C16H12ClF2N5/c1-8(16(21)24-13(20)5-4-12(17)23-24)14-10(18)7-11-9(15(14)19)3-2-6-22-11/h2-8,20-21H,1H3. The van der Waals surface area contributed by atoms with E-state index in [1.165, 1.54) is 31.3 Å². The Morgan fingerprint density at radius 2 is 2.04 bits per heavy atom. The molecular weight excluding hydrogens is 336 g/mol. The fourth-order valence-electron chi connectivity index (χ4n) is 2.47. The van der Waals surface area contributed by atoms with Crippen molar-refractivity contribution in [1.29, 1.82) is 10.8 Å². The summed E-state index contributed by atoms with van der Waals surface area (Å²) in [6.07, 6.45) is 1.45. The maximum absolute atomic E-state index is 14.8.